The molecule has 1 saturated carbocycles. The van der Waals surface area contributed by atoms with Crippen LogP contribution in [0.25, 0.3) is 0 Å². The third-order valence-corrected chi connectivity index (χ3v) is 9.57. The van der Waals surface area contributed by atoms with Gasteiger partial charge in [-0.05, 0) is 114 Å². The van der Waals surface area contributed by atoms with E-state index in [2.05, 4.69) is 20.6 Å². The van der Waals surface area contributed by atoms with Gasteiger partial charge in [-0.1, -0.05) is 30.0 Å². The van der Waals surface area contributed by atoms with E-state index in [-0.39, 0.29) is 23.6 Å². The Morgan fingerprint density at radius 2 is 1.75 bits per heavy atom. The summed E-state index contributed by atoms with van der Waals surface area (Å²) in [6, 6.07) is 16.0. The van der Waals surface area contributed by atoms with Crippen molar-refractivity contribution >= 4 is 41.1 Å². The van der Waals surface area contributed by atoms with Crippen LogP contribution in [0.5, 0.6) is 5.75 Å². The maximum atomic E-state index is 12.5. The molecule has 2 unspecified atom stereocenters. The van der Waals surface area contributed by atoms with Crippen LogP contribution in [0.1, 0.15) is 84.6 Å². The molecule has 0 saturated heterocycles. The number of esters is 1. The molecule has 2 aliphatic rings. The van der Waals surface area contributed by atoms with E-state index in [9.17, 15) is 14.4 Å². The number of nitrogens with one attached hydrogen (secondary N) is 2. The summed E-state index contributed by atoms with van der Waals surface area (Å²) in [5.41, 5.74) is 0.837. The highest BCUT2D eigenvalue weighted by Crippen LogP contribution is 2.48. The first-order valence-corrected chi connectivity index (χ1v) is 19.1. The molecule has 11 nitrogen and oxygen atoms in total. The van der Waals surface area contributed by atoms with Gasteiger partial charge in [0.25, 0.3) is 0 Å². The van der Waals surface area contributed by atoms with Crippen LogP contribution in [0.2, 0.25) is 0 Å². The molecule has 1 amide bonds. The molecule has 12 heteroatoms. The SMILES string of the molecule is CCOC(=O)C1CC1c1ccc(OCCCCCC(=O)CCNc2cccc(Sc3cnc(N4C=CC(C)(NC(=O)OC(C)(C)C)C=C4)cn3)c2)cc1. The summed E-state index contributed by atoms with van der Waals surface area (Å²) in [6.45, 7) is 10.8. The quantitative estimate of drug-likeness (QED) is 0.0962. The van der Waals surface area contributed by atoms with E-state index in [1.165, 1.54) is 11.8 Å². The standard InChI is InChI=1S/C41H51N5O6S/c1-6-50-38(48)35-26-34(35)29-14-16-32(17-15-29)51-24-9-7-8-12-31(47)18-21-42-30-11-10-13-33(25-30)53-37-28-43-36(27-44-37)46-22-19-41(5,20-23-46)45-39(49)52-40(2,3)4/h10-11,13-17,19-20,22-23,25,27-28,34-35,42H,6-9,12,18,21,24,26H2,1-5H3,(H,45,49). The topological polar surface area (TPSA) is 132 Å². The third-order valence-electron chi connectivity index (χ3n) is 8.66. The number of amides is 1. The number of anilines is 2. The summed E-state index contributed by atoms with van der Waals surface area (Å²) >= 11 is 1.51. The number of carbonyl (C=O) groups is 3. The van der Waals surface area contributed by atoms with Crippen LogP contribution in [0.15, 0.2) is 95.4 Å². The van der Waals surface area contributed by atoms with E-state index in [1.807, 2.05) is 113 Å². The minimum absolute atomic E-state index is 0.0109. The number of ketones is 1. The molecule has 1 aliphatic carbocycles. The summed E-state index contributed by atoms with van der Waals surface area (Å²) in [6.07, 6.45) is 14.9. The number of aromatic nitrogens is 2. The summed E-state index contributed by atoms with van der Waals surface area (Å²) in [7, 11) is 0. The van der Waals surface area contributed by atoms with E-state index in [1.54, 1.807) is 12.4 Å². The highest BCUT2D eigenvalue weighted by atomic mass is 32.2. The second-order valence-corrected chi connectivity index (χ2v) is 15.5. The van der Waals surface area contributed by atoms with Crippen LogP contribution >= 0.6 is 11.8 Å². The molecule has 2 aromatic carbocycles. The first-order valence-electron chi connectivity index (χ1n) is 18.3. The highest BCUT2D eigenvalue weighted by molar-refractivity contribution is 7.99. The predicted molar refractivity (Wildman–Crippen MR) is 207 cm³/mol. The number of alkyl carbamates (subject to hydrolysis) is 1. The Morgan fingerprint density at radius 1 is 0.981 bits per heavy atom. The summed E-state index contributed by atoms with van der Waals surface area (Å²) < 4.78 is 16.4. The summed E-state index contributed by atoms with van der Waals surface area (Å²) in [4.78, 5) is 48.6. The van der Waals surface area contributed by atoms with Gasteiger partial charge in [0.15, 0.2) is 5.82 Å². The summed E-state index contributed by atoms with van der Waals surface area (Å²) in [5.74, 6) is 1.86. The average molecular weight is 742 g/mol. The Kier molecular flexibility index (Phi) is 13.6. The molecule has 2 N–H and O–H groups in total. The van der Waals surface area contributed by atoms with Gasteiger partial charge in [-0.3, -0.25) is 9.59 Å². The lowest BCUT2D eigenvalue weighted by Crippen LogP contribution is -2.46. The van der Waals surface area contributed by atoms with Crippen molar-refractivity contribution < 1.29 is 28.6 Å². The minimum Gasteiger partial charge on any atom is -0.494 e. The number of rotatable bonds is 18. The number of Topliss-reactive ketones (excluding diaryl/α,β-unsaturated/α-hetero) is 1. The molecule has 2 atom stereocenters. The Balaban J connectivity index is 0.946. The number of hydrogen-bond acceptors (Lipinski definition) is 11. The zero-order chi connectivity index (χ0) is 37.8. The molecule has 5 rings (SSSR count). The first kappa shape index (κ1) is 39.4. The van der Waals surface area contributed by atoms with E-state index >= 15 is 0 Å². The fourth-order valence-electron chi connectivity index (χ4n) is 5.77. The van der Waals surface area contributed by atoms with Crippen LogP contribution in [-0.4, -0.2) is 58.7 Å². The van der Waals surface area contributed by atoms with Crippen molar-refractivity contribution in [2.75, 3.05) is 30.0 Å². The molecular formula is C41H51N5O6S. The lowest BCUT2D eigenvalue weighted by atomic mass is 10.0. The number of nitrogens with zero attached hydrogens (tertiary/aromatic N) is 3. The van der Waals surface area contributed by atoms with E-state index in [0.29, 0.717) is 38.4 Å². The Hall–Kier alpha value is -4.84. The van der Waals surface area contributed by atoms with Crippen LogP contribution < -0.4 is 20.3 Å². The largest absolute Gasteiger partial charge is 0.494 e. The van der Waals surface area contributed by atoms with Crippen LogP contribution in [0, 0.1) is 5.92 Å². The van der Waals surface area contributed by atoms with Gasteiger partial charge >= 0.3 is 12.1 Å². The molecule has 1 aromatic heterocycles. The molecule has 53 heavy (non-hydrogen) atoms. The average Bonchev–Trinajstić information content (AvgIpc) is 3.92. The monoisotopic (exact) mass is 741 g/mol. The molecule has 0 bridgehead atoms. The zero-order valence-corrected chi connectivity index (χ0v) is 32.1. The lowest BCUT2D eigenvalue weighted by Gasteiger charge is -2.30. The highest BCUT2D eigenvalue weighted by Gasteiger charge is 2.45. The summed E-state index contributed by atoms with van der Waals surface area (Å²) in [5, 5.41) is 7.00. The van der Waals surface area contributed by atoms with Crippen LogP contribution in [-0.2, 0) is 19.1 Å². The molecule has 1 aliphatic heterocycles. The van der Waals surface area contributed by atoms with Gasteiger partial charge < -0.3 is 29.7 Å². The van der Waals surface area contributed by atoms with Crippen molar-refractivity contribution in [3.05, 3.63) is 91.0 Å². The molecule has 3 aromatic rings. The fraction of sp³-hybridized carbons (Fsp3) is 0.439. The fourth-order valence-corrected chi connectivity index (χ4v) is 6.55. The number of ether oxygens (including phenoxy) is 3. The van der Waals surface area contributed by atoms with Crippen molar-refractivity contribution in [1.29, 1.82) is 0 Å². The molecule has 2 heterocycles. The molecule has 0 radical (unpaired) electrons. The zero-order valence-electron chi connectivity index (χ0n) is 31.3. The second kappa shape index (κ2) is 18.3. The van der Waals surface area contributed by atoms with Gasteiger partial charge in [-0.15, -0.1) is 0 Å². The van der Waals surface area contributed by atoms with Crippen LogP contribution in [0.3, 0.4) is 0 Å². The van der Waals surface area contributed by atoms with Crippen molar-refractivity contribution in [2.24, 2.45) is 5.92 Å². The van der Waals surface area contributed by atoms with Crippen molar-refractivity contribution in [3.8, 4) is 5.75 Å². The number of hydrogen-bond donors (Lipinski definition) is 2. The maximum absolute atomic E-state index is 12.5. The predicted octanol–water partition coefficient (Wildman–Crippen LogP) is 8.44. The van der Waals surface area contributed by atoms with Gasteiger partial charge in [0.05, 0.1) is 37.1 Å². The molecule has 282 valence electrons. The maximum Gasteiger partial charge on any atom is 0.408 e. The molecular weight excluding hydrogens is 691 g/mol. The van der Waals surface area contributed by atoms with Gasteiger partial charge in [-0.2, -0.15) is 0 Å². The van der Waals surface area contributed by atoms with E-state index in [0.717, 1.165) is 52.6 Å². The van der Waals surface area contributed by atoms with E-state index in [4.69, 9.17) is 14.2 Å². The molecule has 0 spiro atoms. The first-order chi connectivity index (χ1) is 25.4. The smallest absolute Gasteiger partial charge is 0.408 e. The Labute approximate surface area is 317 Å². The van der Waals surface area contributed by atoms with Gasteiger partial charge in [0.2, 0.25) is 0 Å². The Bertz CT molecular complexity index is 1740. The second-order valence-electron chi connectivity index (χ2n) is 14.4. The van der Waals surface area contributed by atoms with Gasteiger partial charge in [-0.25, -0.2) is 14.8 Å². The number of benzene rings is 2. The lowest BCUT2D eigenvalue weighted by molar-refractivity contribution is -0.144. The number of unbranched alkanes of at least 4 members (excludes halogenated alkanes) is 2. The molecule has 1 fully saturated rings. The van der Waals surface area contributed by atoms with Crippen LogP contribution in [0.4, 0.5) is 16.3 Å². The minimum atomic E-state index is -0.684. The Morgan fingerprint density at radius 3 is 2.45 bits per heavy atom. The van der Waals surface area contributed by atoms with Crippen molar-refractivity contribution in [1.82, 2.24) is 15.3 Å². The van der Waals surface area contributed by atoms with Crippen molar-refractivity contribution in [3.63, 3.8) is 0 Å². The van der Waals surface area contributed by atoms with Gasteiger partial charge in [0.1, 0.15) is 22.2 Å². The van der Waals surface area contributed by atoms with Gasteiger partial charge in [0, 0.05) is 42.4 Å². The van der Waals surface area contributed by atoms with E-state index < -0.39 is 17.2 Å². The number of carbonyl (C=O) groups excluding carboxylic acids is 3. The van der Waals surface area contributed by atoms with Crippen molar-refractivity contribution in [2.45, 2.75) is 100 Å². The normalized spacial score (nSPS) is 17.2. The third kappa shape index (κ3) is 12.7.